The summed E-state index contributed by atoms with van der Waals surface area (Å²) in [6.45, 7) is 0.732. The molecule has 0 aliphatic carbocycles. The average molecular weight is 312 g/mol. The number of sulfonamides is 1. The Bertz CT molecular complexity index is 679. The highest BCUT2D eigenvalue weighted by Gasteiger charge is 2.34. The third kappa shape index (κ3) is 3.41. The second-order valence-electron chi connectivity index (χ2n) is 4.66. The van der Waals surface area contributed by atoms with Gasteiger partial charge in [-0.25, -0.2) is 12.8 Å². The van der Waals surface area contributed by atoms with Gasteiger partial charge in [0.2, 0.25) is 10.0 Å². The Kier molecular flexibility index (Phi) is 4.96. The fourth-order valence-electron chi connectivity index (χ4n) is 2.19. The van der Waals surface area contributed by atoms with Crippen LogP contribution >= 0.6 is 0 Å². The zero-order valence-electron chi connectivity index (χ0n) is 11.7. The van der Waals surface area contributed by atoms with E-state index in [9.17, 15) is 12.8 Å². The molecule has 1 aromatic rings. The quantitative estimate of drug-likeness (QED) is 0.827. The first kappa shape index (κ1) is 15.9. The van der Waals surface area contributed by atoms with Gasteiger partial charge in [-0.15, -0.1) is 0 Å². The normalized spacial score (nSPS) is 19.3. The lowest BCUT2D eigenvalue weighted by atomic mass is 10.2. The van der Waals surface area contributed by atoms with E-state index in [1.807, 2.05) is 0 Å². The van der Waals surface area contributed by atoms with Crippen LogP contribution in [0, 0.1) is 17.7 Å². The summed E-state index contributed by atoms with van der Waals surface area (Å²) in [6.07, 6.45) is 0.467. The van der Waals surface area contributed by atoms with Crippen LogP contribution in [-0.4, -0.2) is 45.6 Å². The van der Waals surface area contributed by atoms with E-state index in [1.54, 1.807) is 0 Å². The van der Waals surface area contributed by atoms with Gasteiger partial charge < -0.3 is 10.5 Å². The van der Waals surface area contributed by atoms with Crippen LogP contribution in [0.25, 0.3) is 0 Å². The number of rotatable bonds is 3. The van der Waals surface area contributed by atoms with Gasteiger partial charge >= 0.3 is 0 Å². The number of halogens is 1. The Morgan fingerprint density at radius 2 is 2.29 bits per heavy atom. The van der Waals surface area contributed by atoms with Crippen molar-refractivity contribution >= 4 is 10.0 Å². The van der Waals surface area contributed by atoms with Crippen molar-refractivity contribution in [1.82, 2.24) is 4.31 Å². The highest BCUT2D eigenvalue weighted by molar-refractivity contribution is 7.89. The summed E-state index contributed by atoms with van der Waals surface area (Å²) in [5.74, 6) is 4.45. The molecule has 1 aliphatic heterocycles. The molecule has 1 atom stereocenters. The predicted molar refractivity (Wildman–Crippen MR) is 76.5 cm³/mol. The molecule has 2 rings (SSSR count). The molecule has 114 valence electrons. The summed E-state index contributed by atoms with van der Waals surface area (Å²) >= 11 is 0. The first-order valence-electron chi connectivity index (χ1n) is 6.50. The summed E-state index contributed by atoms with van der Waals surface area (Å²) in [4.78, 5) is -0.336. The van der Waals surface area contributed by atoms with Crippen molar-refractivity contribution in [3.8, 4) is 11.8 Å². The number of hydrogen-bond acceptors (Lipinski definition) is 4. The molecule has 1 saturated heterocycles. The van der Waals surface area contributed by atoms with E-state index in [2.05, 4.69) is 11.8 Å². The molecular formula is C14H17FN2O3S. The number of hydrogen-bond donors (Lipinski definition) is 1. The number of nitrogens with two attached hydrogens (primary N) is 1. The molecule has 5 nitrogen and oxygen atoms in total. The van der Waals surface area contributed by atoms with Gasteiger partial charge in [-0.05, 0) is 24.6 Å². The summed E-state index contributed by atoms with van der Waals surface area (Å²) in [6, 6.07) is 3.83. The van der Waals surface area contributed by atoms with E-state index in [-0.39, 0.29) is 24.1 Å². The monoisotopic (exact) mass is 312 g/mol. The maximum atomic E-state index is 14.1. The zero-order valence-corrected chi connectivity index (χ0v) is 12.5. The van der Waals surface area contributed by atoms with Crippen molar-refractivity contribution in [1.29, 1.82) is 0 Å². The molecule has 1 fully saturated rings. The van der Waals surface area contributed by atoms with E-state index in [0.717, 1.165) is 6.07 Å². The molecule has 0 aromatic heterocycles. The minimum atomic E-state index is -3.84. The molecule has 7 heteroatoms. The molecule has 0 bridgehead atoms. The molecule has 0 spiro atoms. The van der Waals surface area contributed by atoms with Crippen LogP contribution in [0.3, 0.4) is 0 Å². The summed E-state index contributed by atoms with van der Waals surface area (Å²) in [5, 5.41) is 0. The van der Waals surface area contributed by atoms with Crippen molar-refractivity contribution < 1.29 is 17.5 Å². The maximum absolute atomic E-state index is 14.1. The Morgan fingerprint density at radius 3 is 2.86 bits per heavy atom. The lowest BCUT2D eigenvalue weighted by Crippen LogP contribution is -2.30. The Labute approximate surface area is 123 Å². The topological polar surface area (TPSA) is 72.6 Å². The lowest BCUT2D eigenvalue weighted by Gasteiger charge is -2.16. The van der Waals surface area contributed by atoms with Gasteiger partial charge in [0, 0.05) is 25.8 Å². The number of nitrogens with zero attached hydrogens (tertiary/aromatic N) is 1. The van der Waals surface area contributed by atoms with Crippen LogP contribution in [0.15, 0.2) is 23.1 Å². The van der Waals surface area contributed by atoms with E-state index in [4.69, 9.17) is 10.5 Å². The number of methoxy groups -OCH3 is 1. The molecule has 0 amide bonds. The average Bonchev–Trinajstić information content (AvgIpc) is 2.94. The van der Waals surface area contributed by atoms with Crippen molar-refractivity contribution in [2.24, 2.45) is 5.73 Å². The van der Waals surface area contributed by atoms with Crippen molar-refractivity contribution in [2.45, 2.75) is 17.4 Å². The first-order valence-corrected chi connectivity index (χ1v) is 7.94. The van der Waals surface area contributed by atoms with Gasteiger partial charge in [0.15, 0.2) is 0 Å². The van der Waals surface area contributed by atoms with Gasteiger partial charge in [0.1, 0.15) is 10.7 Å². The zero-order chi connectivity index (χ0) is 15.5. The standard InChI is InChI=1S/C14H17FN2O3S/c1-20-12-6-8-17(10-12)21(18,19)14-5-4-11(3-2-7-16)9-13(14)15/h4-5,9,12H,6-8,10,16H2,1H3. The van der Waals surface area contributed by atoms with Gasteiger partial charge in [-0.2, -0.15) is 4.31 Å². The summed E-state index contributed by atoms with van der Waals surface area (Å²) in [7, 11) is -2.31. The van der Waals surface area contributed by atoms with Crippen molar-refractivity contribution in [3.63, 3.8) is 0 Å². The van der Waals surface area contributed by atoms with Crippen LogP contribution in [0.5, 0.6) is 0 Å². The smallest absolute Gasteiger partial charge is 0.246 e. The molecule has 1 aromatic carbocycles. The molecule has 1 unspecified atom stereocenters. The molecule has 0 radical (unpaired) electrons. The Balaban J connectivity index is 2.29. The Morgan fingerprint density at radius 1 is 1.52 bits per heavy atom. The largest absolute Gasteiger partial charge is 0.380 e. The SMILES string of the molecule is COC1CCN(S(=O)(=O)c2ccc(C#CCN)cc2F)C1. The van der Waals surface area contributed by atoms with E-state index < -0.39 is 15.8 Å². The third-order valence-corrected chi connectivity index (χ3v) is 5.22. The van der Waals surface area contributed by atoms with Crippen LogP contribution < -0.4 is 5.73 Å². The second-order valence-corrected chi connectivity index (χ2v) is 6.57. The van der Waals surface area contributed by atoms with Gasteiger partial charge in [0.05, 0.1) is 12.6 Å². The molecule has 1 heterocycles. The highest BCUT2D eigenvalue weighted by Crippen LogP contribution is 2.24. The number of benzene rings is 1. The maximum Gasteiger partial charge on any atom is 0.246 e. The minimum Gasteiger partial charge on any atom is -0.380 e. The summed E-state index contributed by atoms with van der Waals surface area (Å²) in [5.41, 5.74) is 5.64. The van der Waals surface area contributed by atoms with E-state index in [1.165, 1.54) is 23.5 Å². The van der Waals surface area contributed by atoms with Gasteiger partial charge in [0.25, 0.3) is 0 Å². The van der Waals surface area contributed by atoms with E-state index in [0.29, 0.717) is 18.5 Å². The van der Waals surface area contributed by atoms with Crippen LogP contribution in [0.1, 0.15) is 12.0 Å². The molecular weight excluding hydrogens is 295 g/mol. The third-order valence-electron chi connectivity index (χ3n) is 3.33. The second kappa shape index (κ2) is 6.54. The molecule has 2 N–H and O–H groups in total. The fraction of sp³-hybridized carbons (Fsp3) is 0.429. The van der Waals surface area contributed by atoms with Crippen molar-refractivity contribution in [2.75, 3.05) is 26.7 Å². The van der Waals surface area contributed by atoms with Gasteiger partial charge in [-0.3, -0.25) is 0 Å². The van der Waals surface area contributed by atoms with Crippen LogP contribution in [0.2, 0.25) is 0 Å². The lowest BCUT2D eigenvalue weighted by molar-refractivity contribution is 0.115. The summed E-state index contributed by atoms with van der Waals surface area (Å²) < 4.78 is 45.3. The molecule has 21 heavy (non-hydrogen) atoms. The van der Waals surface area contributed by atoms with E-state index >= 15 is 0 Å². The van der Waals surface area contributed by atoms with Gasteiger partial charge in [-0.1, -0.05) is 11.8 Å². The van der Waals surface area contributed by atoms with Crippen molar-refractivity contribution in [3.05, 3.63) is 29.6 Å². The predicted octanol–water partition coefficient (Wildman–Crippen LogP) is 0.545. The Hall–Kier alpha value is -1.46. The van der Waals surface area contributed by atoms with Crippen LogP contribution in [0.4, 0.5) is 4.39 Å². The molecule has 1 aliphatic rings. The minimum absolute atomic E-state index is 0.141. The first-order chi connectivity index (χ1) is 9.98. The fourth-order valence-corrected chi connectivity index (χ4v) is 3.72. The van der Waals surface area contributed by atoms with Crippen LogP contribution in [-0.2, 0) is 14.8 Å². The highest BCUT2D eigenvalue weighted by atomic mass is 32.2. The number of ether oxygens (including phenoxy) is 1. The molecule has 0 saturated carbocycles.